The van der Waals surface area contributed by atoms with Crippen molar-refractivity contribution in [3.63, 3.8) is 0 Å². The Morgan fingerprint density at radius 1 is 1.26 bits per heavy atom. The molecule has 3 heteroatoms. The van der Waals surface area contributed by atoms with Gasteiger partial charge in [0, 0.05) is 16.6 Å². The first kappa shape index (κ1) is 12.3. The molecular weight excluding hydrogens is 238 g/mol. The van der Waals surface area contributed by atoms with Gasteiger partial charge >= 0.3 is 5.97 Å². The van der Waals surface area contributed by atoms with E-state index in [1.165, 1.54) is 35.0 Å². The molecule has 19 heavy (non-hydrogen) atoms. The summed E-state index contributed by atoms with van der Waals surface area (Å²) in [5, 5.41) is 1.31. The zero-order valence-corrected chi connectivity index (χ0v) is 11.3. The van der Waals surface area contributed by atoms with Gasteiger partial charge in [0.2, 0.25) is 0 Å². The molecule has 0 atom stereocenters. The lowest BCUT2D eigenvalue weighted by Crippen LogP contribution is -2.16. The number of nitrogens with zero attached hydrogens (tertiary/aromatic N) is 1. The third-order valence-corrected chi connectivity index (χ3v) is 3.88. The number of para-hydroxylation sites is 1. The number of aryl methyl sites for hydroxylation is 1. The van der Waals surface area contributed by atoms with Gasteiger partial charge in [-0.2, -0.15) is 0 Å². The first-order chi connectivity index (χ1) is 9.31. The van der Waals surface area contributed by atoms with Gasteiger partial charge in [0.15, 0.2) is 0 Å². The molecule has 1 aromatic carbocycles. The molecule has 100 valence electrons. The highest BCUT2D eigenvalue weighted by Gasteiger charge is 2.20. The van der Waals surface area contributed by atoms with E-state index in [-0.39, 0.29) is 5.97 Å². The molecule has 3 nitrogen and oxygen atoms in total. The minimum atomic E-state index is -0.142. The average Bonchev–Trinajstić information content (AvgIpc) is 2.75. The summed E-state index contributed by atoms with van der Waals surface area (Å²) >= 11 is 0. The Morgan fingerprint density at radius 3 is 2.89 bits per heavy atom. The van der Waals surface area contributed by atoms with Gasteiger partial charge in [0.25, 0.3) is 0 Å². The molecule has 0 N–H and O–H groups in total. The molecule has 0 radical (unpaired) electrons. The monoisotopic (exact) mass is 257 g/mol. The zero-order valence-electron chi connectivity index (χ0n) is 11.3. The number of ether oxygens (including phenoxy) is 1. The standard InChI is InChI=1S/C16H19NO2/c1-2-19-16(18)11-17-14-9-5-3-7-12(14)13-8-4-6-10-15(13)17/h3,5,7,9H,2,4,6,8,10-11H2,1H3. The van der Waals surface area contributed by atoms with E-state index in [0.717, 1.165) is 12.8 Å². The summed E-state index contributed by atoms with van der Waals surface area (Å²) in [6.07, 6.45) is 4.67. The first-order valence-electron chi connectivity index (χ1n) is 7.06. The zero-order chi connectivity index (χ0) is 13.2. The van der Waals surface area contributed by atoms with Crippen LogP contribution in [0, 0.1) is 0 Å². The van der Waals surface area contributed by atoms with E-state index in [1.807, 2.05) is 13.0 Å². The van der Waals surface area contributed by atoms with Crippen molar-refractivity contribution in [1.82, 2.24) is 4.57 Å². The molecule has 0 saturated heterocycles. The molecule has 1 aliphatic carbocycles. The largest absolute Gasteiger partial charge is 0.465 e. The molecule has 0 aliphatic heterocycles. The number of carbonyl (C=O) groups excluding carboxylic acids is 1. The van der Waals surface area contributed by atoms with Gasteiger partial charge in [0.05, 0.1) is 6.61 Å². The van der Waals surface area contributed by atoms with Crippen LogP contribution in [0.2, 0.25) is 0 Å². The first-order valence-corrected chi connectivity index (χ1v) is 7.06. The molecule has 0 amide bonds. The van der Waals surface area contributed by atoms with Gasteiger partial charge < -0.3 is 9.30 Å². The summed E-state index contributed by atoms with van der Waals surface area (Å²) in [6.45, 7) is 2.63. The highest BCUT2D eigenvalue weighted by Crippen LogP contribution is 2.32. The van der Waals surface area contributed by atoms with Crippen LogP contribution in [0.25, 0.3) is 10.9 Å². The molecule has 0 spiro atoms. The van der Waals surface area contributed by atoms with E-state index < -0.39 is 0 Å². The lowest BCUT2D eigenvalue weighted by atomic mass is 9.96. The lowest BCUT2D eigenvalue weighted by molar-refractivity contribution is -0.143. The van der Waals surface area contributed by atoms with E-state index in [2.05, 4.69) is 22.8 Å². The molecule has 2 aromatic rings. The van der Waals surface area contributed by atoms with Crippen molar-refractivity contribution in [3.8, 4) is 0 Å². The fourth-order valence-electron chi connectivity index (χ4n) is 3.10. The molecular formula is C16H19NO2. The van der Waals surface area contributed by atoms with E-state index in [9.17, 15) is 4.79 Å². The van der Waals surface area contributed by atoms with Crippen LogP contribution in [0.4, 0.5) is 0 Å². The third-order valence-electron chi connectivity index (χ3n) is 3.88. The maximum absolute atomic E-state index is 11.8. The fourth-order valence-corrected chi connectivity index (χ4v) is 3.10. The van der Waals surface area contributed by atoms with Crippen LogP contribution >= 0.6 is 0 Å². The van der Waals surface area contributed by atoms with Gasteiger partial charge in [-0.25, -0.2) is 0 Å². The molecule has 1 aromatic heterocycles. The average molecular weight is 257 g/mol. The quantitative estimate of drug-likeness (QED) is 0.791. The second-order valence-corrected chi connectivity index (χ2v) is 5.04. The second kappa shape index (κ2) is 5.08. The Hall–Kier alpha value is -1.77. The number of esters is 1. The van der Waals surface area contributed by atoms with E-state index in [0.29, 0.717) is 13.2 Å². The Bertz CT molecular complexity index is 612. The predicted molar refractivity (Wildman–Crippen MR) is 75.2 cm³/mol. The Balaban J connectivity index is 2.09. The summed E-state index contributed by atoms with van der Waals surface area (Å²) in [6, 6.07) is 8.38. The van der Waals surface area contributed by atoms with Crippen LogP contribution in [0.5, 0.6) is 0 Å². The van der Waals surface area contributed by atoms with Gasteiger partial charge in [0.1, 0.15) is 6.54 Å². The van der Waals surface area contributed by atoms with Crippen LogP contribution in [0.15, 0.2) is 24.3 Å². The van der Waals surface area contributed by atoms with Crippen molar-refractivity contribution < 1.29 is 9.53 Å². The summed E-state index contributed by atoms with van der Waals surface area (Å²) in [7, 11) is 0. The molecule has 0 unspecified atom stereocenters. The molecule has 3 rings (SSSR count). The fraction of sp³-hybridized carbons (Fsp3) is 0.438. The topological polar surface area (TPSA) is 31.2 Å². The second-order valence-electron chi connectivity index (χ2n) is 5.04. The molecule has 0 saturated carbocycles. The van der Waals surface area contributed by atoms with Gasteiger partial charge in [-0.1, -0.05) is 18.2 Å². The maximum Gasteiger partial charge on any atom is 0.325 e. The number of hydrogen-bond acceptors (Lipinski definition) is 2. The van der Waals surface area contributed by atoms with Crippen LogP contribution in [-0.2, 0) is 28.9 Å². The van der Waals surface area contributed by atoms with Crippen molar-refractivity contribution in [1.29, 1.82) is 0 Å². The number of carbonyl (C=O) groups is 1. The van der Waals surface area contributed by atoms with E-state index in [1.54, 1.807) is 0 Å². The van der Waals surface area contributed by atoms with Crippen molar-refractivity contribution in [2.24, 2.45) is 0 Å². The number of rotatable bonds is 3. The summed E-state index contributed by atoms with van der Waals surface area (Å²) < 4.78 is 7.25. The van der Waals surface area contributed by atoms with E-state index >= 15 is 0 Å². The predicted octanol–water partition coefficient (Wildman–Crippen LogP) is 3.08. The molecule has 0 bridgehead atoms. The molecule has 1 heterocycles. The molecule has 1 aliphatic rings. The number of aromatic nitrogens is 1. The van der Waals surface area contributed by atoms with Crippen molar-refractivity contribution >= 4 is 16.9 Å². The number of benzene rings is 1. The van der Waals surface area contributed by atoms with Gasteiger partial charge in [-0.15, -0.1) is 0 Å². The summed E-state index contributed by atoms with van der Waals surface area (Å²) in [5.74, 6) is -0.142. The minimum absolute atomic E-state index is 0.142. The van der Waals surface area contributed by atoms with Crippen LogP contribution in [0.1, 0.15) is 31.0 Å². The number of fused-ring (bicyclic) bond motifs is 3. The van der Waals surface area contributed by atoms with Crippen LogP contribution < -0.4 is 0 Å². The van der Waals surface area contributed by atoms with Crippen LogP contribution in [-0.4, -0.2) is 17.1 Å². The smallest absolute Gasteiger partial charge is 0.325 e. The van der Waals surface area contributed by atoms with E-state index in [4.69, 9.17) is 4.74 Å². The van der Waals surface area contributed by atoms with Crippen molar-refractivity contribution in [2.75, 3.05) is 6.61 Å². The van der Waals surface area contributed by atoms with Crippen molar-refractivity contribution in [3.05, 3.63) is 35.5 Å². The maximum atomic E-state index is 11.8. The van der Waals surface area contributed by atoms with Gasteiger partial charge in [-0.3, -0.25) is 4.79 Å². The minimum Gasteiger partial charge on any atom is -0.465 e. The summed E-state index contributed by atoms with van der Waals surface area (Å²) in [4.78, 5) is 11.8. The Labute approximate surface area is 113 Å². The third kappa shape index (κ3) is 2.14. The Kier molecular flexibility index (Phi) is 3.28. The Morgan fingerprint density at radius 2 is 2.05 bits per heavy atom. The molecule has 0 fully saturated rings. The lowest BCUT2D eigenvalue weighted by Gasteiger charge is -2.15. The van der Waals surface area contributed by atoms with Crippen LogP contribution in [0.3, 0.4) is 0 Å². The highest BCUT2D eigenvalue weighted by atomic mass is 16.5. The van der Waals surface area contributed by atoms with Gasteiger partial charge in [-0.05, 0) is 44.2 Å². The summed E-state index contributed by atoms with van der Waals surface area (Å²) in [5.41, 5.74) is 3.94. The SMILES string of the molecule is CCOC(=O)Cn1c2c(c3ccccc31)CCCC2. The normalized spacial score (nSPS) is 14.4. The highest BCUT2D eigenvalue weighted by molar-refractivity contribution is 5.87. The number of hydrogen-bond donors (Lipinski definition) is 0. The van der Waals surface area contributed by atoms with Crippen molar-refractivity contribution in [2.45, 2.75) is 39.2 Å².